The van der Waals surface area contributed by atoms with E-state index in [1.165, 1.54) is 11.4 Å². The molecule has 0 unspecified atom stereocenters. The maximum atomic E-state index is 8.49. The molecule has 0 aliphatic heterocycles. The van der Waals surface area contributed by atoms with Crippen LogP contribution >= 0.6 is 0 Å². The Morgan fingerprint density at radius 3 is 2.53 bits per heavy atom. The molecule has 2 rings (SSSR count). The van der Waals surface area contributed by atoms with Gasteiger partial charge in [-0.15, -0.1) is 0 Å². The summed E-state index contributed by atoms with van der Waals surface area (Å²) in [6.45, 7) is 4.21. The monoisotopic (exact) mass is 226 g/mol. The molecule has 86 valence electrons. The first-order chi connectivity index (χ1) is 8.22. The van der Waals surface area contributed by atoms with Gasteiger partial charge in [0.1, 0.15) is 11.8 Å². The molecule has 0 aliphatic carbocycles. The van der Waals surface area contributed by atoms with Gasteiger partial charge in [0.05, 0.1) is 0 Å². The second-order valence-corrected chi connectivity index (χ2v) is 3.90. The highest BCUT2D eigenvalue weighted by atomic mass is 16.5. The van der Waals surface area contributed by atoms with Crippen LogP contribution in [-0.4, -0.2) is 11.2 Å². The number of hydrogen-bond acceptors (Lipinski definition) is 2. The summed E-state index contributed by atoms with van der Waals surface area (Å²) in [5, 5.41) is 8.49. The number of nitrogens with zero attached hydrogens (tertiary/aromatic N) is 2. The molecule has 0 saturated heterocycles. The highest BCUT2D eigenvalue weighted by Crippen LogP contribution is 2.20. The van der Waals surface area contributed by atoms with Crippen LogP contribution in [0.25, 0.3) is 5.69 Å². The first-order valence-electron chi connectivity index (χ1n) is 5.47. The van der Waals surface area contributed by atoms with Crippen LogP contribution in [0.3, 0.4) is 0 Å². The number of aromatic nitrogens is 1. The normalized spacial score (nSPS) is 9.94. The second kappa shape index (κ2) is 4.75. The van der Waals surface area contributed by atoms with E-state index in [2.05, 4.69) is 30.5 Å². The van der Waals surface area contributed by atoms with Gasteiger partial charge in [0.15, 0.2) is 6.61 Å². The fraction of sp³-hybridized carbons (Fsp3) is 0.214. The Bertz CT molecular complexity index is 544. The average Bonchev–Trinajstić information content (AvgIpc) is 2.67. The first-order valence-corrected chi connectivity index (χ1v) is 5.47. The van der Waals surface area contributed by atoms with E-state index >= 15 is 0 Å². The predicted molar refractivity (Wildman–Crippen MR) is 66.4 cm³/mol. The summed E-state index contributed by atoms with van der Waals surface area (Å²) in [6, 6.07) is 13.9. The molecule has 0 spiro atoms. The minimum atomic E-state index is 0.0765. The third-order valence-corrected chi connectivity index (χ3v) is 2.65. The number of aryl methyl sites for hydroxylation is 2. The number of ether oxygens (including phenoxy) is 1. The van der Waals surface area contributed by atoms with Crippen molar-refractivity contribution in [3.05, 3.63) is 47.8 Å². The smallest absolute Gasteiger partial charge is 0.174 e. The first kappa shape index (κ1) is 11.3. The zero-order chi connectivity index (χ0) is 12.3. The van der Waals surface area contributed by atoms with E-state index in [-0.39, 0.29) is 6.61 Å². The fourth-order valence-corrected chi connectivity index (χ4v) is 1.90. The van der Waals surface area contributed by atoms with Crippen molar-refractivity contribution in [3.63, 3.8) is 0 Å². The van der Waals surface area contributed by atoms with Gasteiger partial charge in [0.25, 0.3) is 0 Å². The Morgan fingerprint density at radius 1 is 1.18 bits per heavy atom. The van der Waals surface area contributed by atoms with E-state index in [4.69, 9.17) is 10.00 Å². The number of rotatable bonds is 3. The van der Waals surface area contributed by atoms with Crippen molar-refractivity contribution >= 4 is 0 Å². The summed E-state index contributed by atoms with van der Waals surface area (Å²) in [7, 11) is 0. The topological polar surface area (TPSA) is 38.0 Å². The third kappa shape index (κ3) is 2.31. The minimum absolute atomic E-state index is 0.0765. The van der Waals surface area contributed by atoms with Gasteiger partial charge in [-0.25, -0.2) is 0 Å². The lowest BCUT2D eigenvalue weighted by Crippen LogP contribution is -2.00. The van der Waals surface area contributed by atoms with Gasteiger partial charge in [-0.1, -0.05) is 6.07 Å². The molecule has 17 heavy (non-hydrogen) atoms. The Labute approximate surface area is 101 Å². The summed E-state index contributed by atoms with van der Waals surface area (Å²) in [5.74, 6) is 0.719. The lowest BCUT2D eigenvalue weighted by atomic mass is 10.3. The molecule has 0 saturated carbocycles. The van der Waals surface area contributed by atoms with E-state index in [9.17, 15) is 0 Å². The van der Waals surface area contributed by atoms with Gasteiger partial charge in [-0.3, -0.25) is 0 Å². The molecule has 3 nitrogen and oxygen atoms in total. The van der Waals surface area contributed by atoms with Crippen LogP contribution in [0.4, 0.5) is 0 Å². The Morgan fingerprint density at radius 2 is 1.88 bits per heavy atom. The number of hydrogen-bond donors (Lipinski definition) is 0. The minimum Gasteiger partial charge on any atom is -0.479 e. The van der Waals surface area contributed by atoms with Crippen molar-refractivity contribution in [2.24, 2.45) is 0 Å². The molecule has 0 N–H and O–H groups in total. The lowest BCUT2D eigenvalue weighted by Gasteiger charge is -2.10. The van der Waals surface area contributed by atoms with Gasteiger partial charge < -0.3 is 9.30 Å². The van der Waals surface area contributed by atoms with E-state index < -0.39 is 0 Å². The molecular formula is C14H14N2O. The van der Waals surface area contributed by atoms with Gasteiger partial charge in [-0.05, 0) is 38.1 Å². The van der Waals surface area contributed by atoms with Crippen molar-refractivity contribution in [3.8, 4) is 17.5 Å². The molecule has 0 aliphatic rings. The van der Waals surface area contributed by atoms with E-state index in [1.807, 2.05) is 30.3 Å². The van der Waals surface area contributed by atoms with E-state index in [0.29, 0.717) is 0 Å². The van der Waals surface area contributed by atoms with Crippen LogP contribution in [-0.2, 0) is 0 Å². The van der Waals surface area contributed by atoms with Crippen molar-refractivity contribution < 1.29 is 4.74 Å². The Kier molecular flexibility index (Phi) is 3.15. The summed E-state index contributed by atoms with van der Waals surface area (Å²) >= 11 is 0. The van der Waals surface area contributed by atoms with Gasteiger partial charge >= 0.3 is 0 Å². The van der Waals surface area contributed by atoms with Crippen LogP contribution < -0.4 is 4.74 Å². The van der Waals surface area contributed by atoms with Crippen molar-refractivity contribution in [2.75, 3.05) is 6.61 Å². The van der Waals surface area contributed by atoms with Crippen LogP contribution in [0, 0.1) is 25.2 Å². The summed E-state index contributed by atoms with van der Waals surface area (Å²) in [6.07, 6.45) is 0. The summed E-state index contributed by atoms with van der Waals surface area (Å²) < 4.78 is 7.45. The zero-order valence-corrected chi connectivity index (χ0v) is 9.97. The summed E-state index contributed by atoms with van der Waals surface area (Å²) in [5.41, 5.74) is 3.42. The molecule has 1 aromatic carbocycles. The van der Waals surface area contributed by atoms with Gasteiger partial charge in [0.2, 0.25) is 0 Å². The van der Waals surface area contributed by atoms with Gasteiger partial charge in [-0.2, -0.15) is 5.26 Å². The van der Waals surface area contributed by atoms with Crippen LogP contribution in [0.2, 0.25) is 0 Å². The molecule has 1 aromatic heterocycles. The maximum absolute atomic E-state index is 8.49. The maximum Gasteiger partial charge on any atom is 0.174 e. The molecule has 0 radical (unpaired) electrons. The molecule has 0 bridgehead atoms. The quantitative estimate of drug-likeness (QED) is 0.806. The largest absolute Gasteiger partial charge is 0.479 e. The highest BCUT2D eigenvalue weighted by Gasteiger charge is 2.04. The van der Waals surface area contributed by atoms with Gasteiger partial charge in [0, 0.05) is 23.1 Å². The standard InChI is InChI=1S/C14H14N2O/c1-11-6-7-12(2)16(11)13-4-3-5-14(10-13)17-9-8-15/h3-7,10H,9H2,1-2H3. The Hall–Kier alpha value is -2.21. The molecular weight excluding hydrogens is 212 g/mol. The molecule has 3 heteroatoms. The van der Waals surface area contributed by atoms with E-state index in [1.54, 1.807) is 0 Å². The molecule has 2 aromatic rings. The van der Waals surface area contributed by atoms with Crippen LogP contribution in [0.15, 0.2) is 36.4 Å². The molecule has 0 fully saturated rings. The van der Waals surface area contributed by atoms with Crippen molar-refractivity contribution in [1.82, 2.24) is 4.57 Å². The molecule has 0 amide bonds. The molecule has 1 heterocycles. The van der Waals surface area contributed by atoms with E-state index in [0.717, 1.165) is 11.4 Å². The van der Waals surface area contributed by atoms with Crippen molar-refractivity contribution in [2.45, 2.75) is 13.8 Å². The zero-order valence-electron chi connectivity index (χ0n) is 9.97. The fourth-order valence-electron chi connectivity index (χ4n) is 1.90. The van der Waals surface area contributed by atoms with Crippen LogP contribution in [0.1, 0.15) is 11.4 Å². The highest BCUT2D eigenvalue weighted by molar-refractivity contribution is 5.42. The second-order valence-electron chi connectivity index (χ2n) is 3.90. The lowest BCUT2D eigenvalue weighted by molar-refractivity contribution is 0.368. The summed E-state index contributed by atoms with van der Waals surface area (Å²) in [4.78, 5) is 0. The Balaban J connectivity index is 2.37. The van der Waals surface area contributed by atoms with Crippen LogP contribution in [0.5, 0.6) is 5.75 Å². The molecule has 0 atom stereocenters. The third-order valence-electron chi connectivity index (χ3n) is 2.65. The number of benzene rings is 1. The number of nitriles is 1. The predicted octanol–water partition coefficient (Wildman–Crippen LogP) is 3.00. The average molecular weight is 226 g/mol. The SMILES string of the molecule is Cc1ccc(C)n1-c1cccc(OCC#N)c1. The van der Waals surface area contributed by atoms with Crippen molar-refractivity contribution in [1.29, 1.82) is 5.26 Å².